The Morgan fingerprint density at radius 1 is 0.906 bits per heavy atom. The van der Waals surface area contributed by atoms with Gasteiger partial charge in [-0.15, -0.1) is 10.2 Å². The van der Waals surface area contributed by atoms with Crippen molar-refractivity contribution >= 4 is 34.3 Å². The van der Waals surface area contributed by atoms with E-state index in [9.17, 15) is 9.59 Å². The smallest absolute Gasteiger partial charge is 0.263 e. The molecule has 1 fully saturated rings. The maximum Gasteiger partial charge on any atom is 0.263 e. The minimum absolute atomic E-state index is 0.0958. The van der Waals surface area contributed by atoms with E-state index in [1.54, 1.807) is 4.57 Å². The van der Waals surface area contributed by atoms with Crippen molar-refractivity contribution in [3.05, 3.63) is 70.5 Å². The normalized spacial score (nSPS) is 14.7. The number of hydrogen-bond acceptors (Lipinski definition) is 5. The van der Waals surface area contributed by atoms with Crippen molar-refractivity contribution in [3.8, 4) is 0 Å². The van der Waals surface area contributed by atoms with E-state index < -0.39 is 0 Å². The monoisotopic (exact) mass is 447 g/mol. The Balaban J connectivity index is 1.52. The molecular formula is C24H25N5O2S. The number of aromatic nitrogens is 4. The van der Waals surface area contributed by atoms with Crippen LogP contribution in [0.25, 0.3) is 16.7 Å². The Hall–Kier alpha value is -3.13. The van der Waals surface area contributed by atoms with E-state index in [1.165, 1.54) is 24.6 Å². The van der Waals surface area contributed by atoms with E-state index in [4.69, 9.17) is 0 Å². The summed E-state index contributed by atoms with van der Waals surface area (Å²) in [5.74, 6) is 0.935. The number of carbonyl (C=O) groups excluding carboxylic acids is 1. The topological polar surface area (TPSA) is 72.5 Å². The van der Waals surface area contributed by atoms with Crippen LogP contribution in [0.2, 0.25) is 0 Å². The number of para-hydroxylation sites is 1. The van der Waals surface area contributed by atoms with Gasteiger partial charge in [-0.05, 0) is 30.5 Å². The number of rotatable bonds is 5. The second-order valence-corrected chi connectivity index (χ2v) is 9.04. The van der Waals surface area contributed by atoms with Gasteiger partial charge in [0.25, 0.3) is 5.56 Å². The first-order chi connectivity index (χ1) is 15.7. The number of amides is 1. The number of hydrogen-bond donors (Lipinski definition) is 0. The van der Waals surface area contributed by atoms with E-state index in [1.807, 2.05) is 63.9 Å². The lowest BCUT2D eigenvalue weighted by molar-refractivity contribution is -0.128. The second kappa shape index (κ2) is 9.16. The van der Waals surface area contributed by atoms with E-state index in [2.05, 4.69) is 10.2 Å². The molecule has 2 aromatic carbocycles. The summed E-state index contributed by atoms with van der Waals surface area (Å²) >= 11 is 1.38. The number of nitrogens with zero attached hydrogens (tertiary/aromatic N) is 5. The quantitative estimate of drug-likeness (QED) is 0.437. The number of carbonyl (C=O) groups is 1. The molecule has 0 N–H and O–H groups in total. The van der Waals surface area contributed by atoms with Crippen LogP contribution < -0.4 is 5.56 Å². The van der Waals surface area contributed by atoms with Crippen molar-refractivity contribution in [2.75, 3.05) is 18.8 Å². The van der Waals surface area contributed by atoms with Gasteiger partial charge in [-0.2, -0.15) is 0 Å². The van der Waals surface area contributed by atoms with Gasteiger partial charge in [0.05, 0.1) is 23.2 Å². The summed E-state index contributed by atoms with van der Waals surface area (Å²) in [6, 6.07) is 17.3. The van der Waals surface area contributed by atoms with Gasteiger partial charge in [0, 0.05) is 13.1 Å². The molecule has 3 heterocycles. The van der Waals surface area contributed by atoms with Gasteiger partial charge in [-0.3, -0.25) is 18.6 Å². The van der Waals surface area contributed by atoms with Gasteiger partial charge in [0.1, 0.15) is 0 Å². The lowest BCUT2D eigenvalue weighted by Crippen LogP contribution is -2.33. The Bertz CT molecular complexity index is 1310. The van der Waals surface area contributed by atoms with Crippen molar-refractivity contribution in [1.82, 2.24) is 24.1 Å². The molecule has 8 heteroatoms. The van der Waals surface area contributed by atoms with E-state index in [0.717, 1.165) is 37.0 Å². The van der Waals surface area contributed by atoms with E-state index in [-0.39, 0.29) is 11.5 Å². The van der Waals surface area contributed by atoms with Crippen molar-refractivity contribution < 1.29 is 4.79 Å². The second-order valence-electron chi connectivity index (χ2n) is 8.10. The Morgan fingerprint density at radius 3 is 2.41 bits per heavy atom. The highest BCUT2D eigenvalue weighted by molar-refractivity contribution is 7.99. The van der Waals surface area contributed by atoms with Crippen LogP contribution in [0.4, 0.5) is 0 Å². The fourth-order valence-electron chi connectivity index (χ4n) is 4.27. The third-order valence-corrected chi connectivity index (χ3v) is 6.86. The molecule has 1 saturated heterocycles. The average Bonchev–Trinajstić information content (AvgIpc) is 3.06. The van der Waals surface area contributed by atoms with Gasteiger partial charge in [0.2, 0.25) is 11.7 Å². The summed E-state index contributed by atoms with van der Waals surface area (Å²) in [5.41, 5.74) is 1.67. The number of likely N-dealkylation sites (tertiary alicyclic amines) is 1. The Labute approximate surface area is 190 Å². The SMILES string of the molecule is O=C(CSc1nnc2n(Cc3ccccc3)c(=O)c3ccccc3n12)N1CCCCCC1. The third-order valence-electron chi connectivity index (χ3n) is 5.95. The molecule has 1 aliphatic rings. The largest absolute Gasteiger partial charge is 0.342 e. The summed E-state index contributed by atoms with van der Waals surface area (Å²) in [6.45, 7) is 2.07. The van der Waals surface area contributed by atoms with Crippen LogP contribution in [0.15, 0.2) is 64.5 Å². The zero-order valence-electron chi connectivity index (χ0n) is 17.8. The van der Waals surface area contributed by atoms with Crippen molar-refractivity contribution in [2.45, 2.75) is 37.4 Å². The summed E-state index contributed by atoms with van der Waals surface area (Å²) in [6.07, 6.45) is 4.52. The lowest BCUT2D eigenvalue weighted by Gasteiger charge is -2.19. The van der Waals surface area contributed by atoms with Crippen LogP contribution in [0, 0.1) is 0 Å². The first kappa shape index (κ1) is 20.8. The highest BCUT2D eigenvalue weighted by Crippen LogP contribution is 2.23. The Kier molecular flexibility index (Phi) is 5.94. The molecule has 164 valence electrons. The van der Waals surface area contributed by atoms with E-state index in [0.29, 0.717) is 28.6 Å². The first-order valence-electron chi connectivity index (χ1n) is 11.0. The van der Waals surface area contributed by atoms with Crippen molar-refractivity contribution in [1.29, 1.82) is 0 Å². The zero-order valence-corrected chi connectivity index (χ0v) is 18.6. The summed E-state index contributed by atoms with van der Waals surface area (Å²) in [7, 11) is 0. The van der Waals surface area contributed by atoms with Crippen LogP contribution in [-0.2, 0) is 11.3 Å². The molecule has 1 aliphatic heterocycles. The minimum Gasteiger partial charge on any atom is -0.342 e. The average molecular weight is 448 g/mol. The molecule has 4 aromatic rings. The lowest BCUT2D eigenvalue weighted by atomic mass is 10.2. The van der Waals surface area contributed by atoms with Crippen molar-refractivity contribution in [2.24, 2.45) is 0 Å². The number of thioether (sulfide) groups is 1. The number of benzene rings is 2. The zero-order chi connectivity index (χ0) is 21.9. The minimum atomic E-state index is -0.0958. The molecule has 0 bridgehead atoms. The maximum atomic E-state index is 13.3. The molecule has 0 spiro atoms. The Morgan fingerprint density at radius 2 is 1.62 bits per heavy atom. The number of fused-ring (bicyclic) bond motifs is 3. The summed E-state index contributed by atoms with van der Waals surface area (Å²) in [4.78, 5) is 28.0. The molecule has 7 nitrogen and oxygen atoms in total. The first-order valence-corrected chi connectivity index (χ1v) is 12.0. The molecule has 0 atom stereocenters. The van der Waals surface area contributed by atoms with Gasteiger partial charge in [-0.25, -0.2) is 0 Å². The molecule has 5 rings (SSSR count). The van der Waals surface area contributed by atoms with Gasteiger partial charge < -0.3 is 4.90 Å². The van der Waals surface area contributed by atoms with Gasteiger partial charge >= 0.3 is 0 Å². The highest BCUT2D eigenvalue weighted by atomic mass is 32.2. The third kappa shape index (κ3) is 4.02. The molecule has 0 radical (unpaired) electrons. The summed E-state index contributed by atoms with van der Waals surface area (Å²) < 4.78 is 3.56. The fraction of sp³-hybridized carbons (Fsp3) is 0.333. The highest BCUT2D eigenvalue weighted by Gasteiger charge is 2.20. The van der Waals surface area contributed by atoms with Crippen molar-refractivity contribution in [3.63, 3.8) is 0 Å². The van der Waals surface area contributed by atoms with Crippen LogP contribution in [0.5, 0.6) is 0 Å². The molecule has 32 heavy (non-hydrogen) atoms. The van der Waals surface area contributed by atoms with Gasteiger partial charge in [-0.1, -0.05) is 67.1 Å². The molecule has 1 amide bonds. The van der Waals surface area contributed by atoms with Crippen LogP contribution in [0.3, 0.4) is 0 Å². The molecule has 0 unspecified atom stereocenters. The van der Waals surface area contributed by atoms with Gasteiger partial charge in [0.15, 0.2) is 5.16 Å². The predicted molar refractivity (Wildman–Crippen MR) is 126 cm³/mol. The molecular weight excluding hydrogens is 422 g/mol. The van der Waals surface area contributed by atoms with Crippen LogP contribution in [-0.4, -0.2) is 48.8 Å². The van der Waals surface area contributed by atoms with Crippen LogP contribution in [0.1, 0.15) is 31.2 Å². The molecule has 0 aliphatic carbocycles. The fourth-order valence-corrected chi connectivity index (χ4v) is 5.12. The molecule has 0 saturated carbocycles. The summed E-state index contributed by atoms with van der Waals surface area (Å²) in [5, 5.41) is 9.97. The predicted octanol–water partition coefficient (Wildman–Crippen LogP) is 3.59. The maximum absolute atomic E-state index is 13.3. The van der Waals surface area contributed by atoms with E-state index >= 15 is 0 Å². The van der Waals surface area contributed by atoms with Crippen LogP contribution >= 0.6 is 11.8 Å². The standard InChI is InChI=1S/C24H25N5O2S/c30-21(27-14-8-1-2-9-15-27)17-32-24-26-25-23-28(16-18-10-4-3-5-11-18)22(31)19-12-6-7-13-20(19)29(23)24/h3-7,10-13H,1-2,8-9,14-17H2. The molecule has 2 aromatic heterocycles.